The molecule has 0 saturated heterocycles. The summed E-state index contributed by atoms with van der Waals surface area (Å²) in [5, 5.41) is 3.98. The van der Waals surface area contributed by atoms with Gasteiger partial charge in [0.15, 0.2) is 0 Å². The third kappa shape index (κ3) is 8.38. The summed E-state index contributed by atoms with van der Waals surface area (Å²) in [6.45, 7) is 9.14. The van der Waals surface area contributed by atoms with Crippen LogP contribution in [-0.2, 0) is 26.2 Å². The van der Waals surface area contributed by atoms with Gasteiger partial charge < -0.3 is 10.2 Å². The Bertz CT molecular complexity index is 1510. The number of nitrogens with one attached hydrogen (secondary N) is 1. The highest BCUT2D eigenvalue weighted by Crippen LogP contribution is 2.28. The SMILES string of the molecule is Cc1ccc(N(CC(=O)N(Cc2ccc(Cl)cc2Cl)[C@H](C)C(=O)NCC(C)C)S(=O)(=O)c2ccc(Cl)cc2)cc1C. The number of benzene rings is 3. The van der Waals surface area contributed by atoms with Crippen molar-refractivity contribution in [2.75, 3.05) is 17.4 Å². The maximum Gasteiger partial charge on any atom is 0.264 e. The summed E-state index contributed by atoms with van der Waals surface area (Å²) in [7, 11) is -4.20. The van der Waals surface area contributed by atoms with Crippen LogP contribution in [0.3, 0.4) is 0 Å². The lowest BCUT2D eigenvalue weighted by molar-refractivity contribution is -0.139. The number of nitrogens with zero attached hydrogens (tertiary/aromatic N) is 2. The van der Waals surface area contributed by atoms with Crippen LogP contribution in [0, 0.1) is 19.8 Å². The third-order valence-electron chi connectivity index (χ3n) is 6.67. The number of amides is 2. The van der Waals surface area contributed by atoms with Crippen molar-refractivity contribution in [1.29, 1.82) is 0 Å². The quantitative estimate of drug-likeness (QED) is 0.255. The second-order valence-electron chi connectivity index (χ2n) is 10.3. The Hall–Kier alpha value is -2.78. The van der Waals surface area contributed by atoms with Crippen LogP contribution in [0.2, 0.25) is 15.1 Å². The minimum absolute atomic E-state index is 0.0250. The molecule has 1 atom stereocenters. The van der Waals surface area contributed by atoms with Gasteiger partial charge in [-0.3, -0.25) is 13.9 Å². The Morgan fingerprint density at radius 2 is 1.49 bits per heavy atom. The summed E-state index contributed by atoms with van der Waals surface area (Å²) in [4.78, 5) is 28.4. The molecule has 0 bridgehead atoms. The van der Waals surface area contributed by atoms with Gasteiger partial charge in [-0.05, 0) is 91.9 Å². The Morgan fingerprint density at radius 1 is 0.854 bits per heavy atom. The van der Waals surface area contributed by atoms with Gasteiger partial charge in [-0.15, -0.1) is 0 Å². The first-order valence-corrected chi connectivity index (χ1v) is 15.6. The van der Waals surface area contributed by atoms with Gasteiger partial charge in [0.25, 0.3) is 10.0 Å². The zero-order valence-corrected chi connectivity index (χ0v) is 26.7. The van der Waals surface area contributed by atoms with E-state index < -0.39 is 28.5 Å². The van der Waals surface area contributed by atoms with Crippen LogP contribution < -0.4 is 9.62 Å². The number of aryl methyl sites for hydroxylation is 2. The molecule has 0 aromatic heterocycles. The average molecular weight is 639 g/mol. The van der Waals surface area contributed by atoms with Crippen molar-refractivity contribution in [3.05, 3.63) is 92.4 Å². The first-order valence-electron chi connectivity index (χ1n) is 13.1. The number of hydrogen-bond acceptors (Lipinski definition) is 4. The van der Waals surface area contributed by atoms with Crippen LogP contribution in [0.4, 0.5) is 5.69 Å². The minimum atomic E-state index is -4.20. The molecule has 41 heavy (non-hydrogen) atoms. The van der Waals surface area contributed by atoms with E-state index in [9.17, 15) is 18.0 Å². The summed E-state index contributed by atoms with van der Waals surface area (Å²) in [5.41, 5.74) is 2.71. The maximum absolute atomic E-state index is 14.0. The molecule has 3 aromatic carbocycles. The predicted molar refractivity (Wildman–Crippen MR) is 166 cm³/mol. The number of rotatable bonds is 11. The van der Waals surface area contributed by atoms with E-state index in [0.29, 0.717) is 32.9 Å². The van der Waals surface area contributed by atoms with E-state index in [1.807, 2.05) is 27.7 Å². The smallest absolute Gasteiger partial charge is 0.264 e. The molecule has 0 heterocycles. The van der Waals surface area contributed by atoms with Gasteiger partial charge in [0, 0.05) is 28.2 Å². The molecule has 0 saturated carbocycles. The van der Waals surface area contributed by atoms with Gasteiger partial charge in [0.2, 0.25) is 11.8 Å². The molecular formula is C30H34Cl3N3O4S. The van der Waals surface area contributed by atoms with E-state index in [1.54, 1.807) is 43.3 Å². The van der Waals surface area contributed by atoms with Gasteiger partial charge in [-0.25, -0.2) is 8.42 Å². The van der Waals surface area contributed by atoms with Gasteiger partial charge in [-0.2, -0.15) is 0 Å². The van der Waals surface area contributed by atoms with Crippen LogP contribution in [0.1, 0.15) is 37.5 Å². The molecule has 2 amide bonds. The standard InChI is InChI=1S/C30H34Cl3N3O4S/c1-19(2)16-34-30(38)22(5)35(17-23-7-8-25(32)15-28(23)33)29(37)18-36(26-11-6-20(3)21(4)14-26)41(39,40)27-12-9-24(31)10-13-27/h6-15,19,22H,16-18H2,1-5H3,(H,34,38)/t22-/m1/s1. The van der Waals surface area contributed by atoms with Crippen molar-refractivity contribution in [2.45, 2.75) is 52.1 Å². The summed E-state index contributed by atoms with van der Waals surface area (Å²) in [5.74, 6) is -0.750. The van der Waals surface area contributed by atoms with Crippen molar-refractivity contribution in [3.63, 3.8) is 0 Å². The molecule has 0 fully saturated rings. The highest BCUT2D eigenvalue weighted by Gasteiger charge is 2.33. The van der Waals surface area contributed by atoms with E-state index in [1.165, 1.54) is 29.2 Å². The predicted octanol–water partition coefficient (Wildman–Crippen LogP) is 6.65. The fourth-order valence-electron chi connectivity index (χ4n) is 4.01. The van der Waals surface area contributed by atoms with Crippen LogP contribution >= 0.6 is 34.8 Å². The topological polar surface area (TPSA) is 86.8 Å². The Labute approximate surface area is 257 Å². The lowest BCUT2D eigenvalue weighted by Crippen LogP contribution is -2.51. The maximum atomic E-state index is 14.0. The number of halogens is 3. The monoisotopic (exact) mass is 637 g/mol. The number of anilines is 1. The molecule has 1 N–H and O–H groups in total. The van der Waals surface area contributed by atoms with Gasteiger partial charge in [0.05, 0.1) is 10.6 Å². The Morgan fingerprint density at radius 3 is 2.07 bits per heavy atom. The zero-order chi connectivity index (χ0) is 30.5. The van der Waals surface area contributed by atoms with E-state index in [0.717, 1.165) is 15.4 Å². The second kappa shape index (κ2) is 13.9. The lowest BCUT2D eigenvalue weighted by atomic mass is 10.1. The fraction of sp³-hybridized carbons (Fsp3) is 0.333. The number of sulfonamides is 1. The van der Waals surface area contributed by atoms with E-state index in [4.69, 9.17) is 34.8 Å². The largest absolute Gasteiger partial charge is 0.354 e. The van der Waals surface area contributed by atoms with Crippen LogP contribution in [0.15, 0.2) is 65.6 Å². The highest BCUT2D eigenvalue weighted by atomic mass is 35.5. The molecular weight excluding hydrogens is 605 g/mol. The van der Waals surface area contributed by atoms with Crippen molar-refractivity contribution >= 4 is 62.3 Å². The molecule has 0 aliphatic rings. The third-order valence-corrected chi connectivity index (χ3v) is 9.29. The van der Waals surface area contributed by atoms with Crippen molar-refractivity contribution in [1.82, 2.24) is 10.2 Å². The van der Waals surface area contributed by atoms with Crippen molar-refractivity contribution < 1.29 is 18.0 Å². The van der Waals surface area contributed by atoms with E-state index in [2.05, 4.69) is 5.32 Å². The van der Waals surface area contributed by atoms with Crippen molar-refractivity contribution in [2.24, 2.45) is 5.92 Å². The normalized spacial score (nSPS) is 12.2. The fourth-order valence-corrected chi connectivity index (χ4v) is 6.01. The minimum Gasteiger partial charge on any atom is -0.354 e. The highest BCUT2D eigenvalue weighted by molar-refractivity contribution is 7.92. The number of hydrogen-bond donors (Lipinski definition) is 1. The lowest BCUT2D eigenvalue weighted by Gasteiger charge is -2.32. The average Bonchev–Trinajstić information content (AvgIpc) is 2.91. The molecule has 11 heteroatoms. The van der Waals surface area contributed by atoms with E-state index in [-0.39, 0.29) is 23.3 Å². The molecule has 0 spiro atoms. The Balaban J connectivity index is 2.06. The Kier molecular flexibility index (Phi) is 11.1. The molecule has 0 aliphatic heterocycles. The van der Waals surface area contributed by atoms with Crippen LogP contribution in [-0.4, -0.2) is 44.3 Å². The molecule has 7 nitrogen and oxygen atoms in total. The summed E-state index contributed by atoms with van der Waals surface area (Å²) >= 11 is 18.5. The molecule has 0 radical (unpaired) electrons. The summed E-state index contributed by atoms with van der Waals surface area (Å²) in [6.07, 6.45) is 0. The molecule has 3 aromatic rings. The van der Waals surface area contributed by atoms with E-state index >= 15 is 0 Å². The summed E-state index contributed by atoms with van der Waals surface area (Å²) < 4.78 is 28.9. The number of carbonyl (C=O) groups is 2. The van der Waals surface area contributed by atoms with Gasteiger partial charge >= 0.3 is 0 Å². The molecule has 0 unspecified atom stereocenters. The van der Waals surface area contributed by atoms with Crippen LogP contribution in [0.5, 0.6) is 0 Å². The van der Waals surface area contributed by atoms with Gasteiger partial charge in [-0.1, -0.05) is 60.8 Å². The van der Waals surface area contributed by atoms with Gasteiger partial charge in [0.1, 0.15) is 12.6 Å². The molecule has 3 rings (SSSR count). The molecule has 220 valence electrons. The first kappa shape index (κ1) is 32.7. The zero-order valence-electron chi connectivity index (χ0n) is 23.6. The first-order chi connectivity index (χ1) is 19.2. The second-order valence-corrected chi connectivity index (χ2v) is 13.4. The van der Waals surface area contributed by atoms with Crippen LogP contribution in [0.25, 0.3) is 0 Å². The summed E-state index contributed by atoms with van der Waals surface area (Å²) in [6, 6.07) is 14.9. The van der Waals surface area contributed by atoms with Crippen molar-refractivity contribution in [3.8, 4) is 0 Å². The molecule has 0 aliphatic carbocycles. The number of carbonyl (C=O) groups excluding carboxylic acids is 2.